The average Bonchev–Trinajstić information content (AvgIpc) is 2.70. The van der Waals surface area contributed by atoms with Gasteiger partial charge in [0.2, 0.25) is 0 Å². The third-order valence-electron chi connectivity index (χ3n) is 4.65. The molecule has 1 aliphatic rings. The highest BCUT2D eigenvalue weighted by molar-refractivity contribution is 5.94. The van der Waals surface area contributed by atoms with Gasteiger partial charge in [0.15, 0.2) is 6.10 Å². The van der Waals surface area contributed by atoms with Crippen LogP contribution in [0.1, 0.15) is 30.1 Å². The summed E-state index contributed by atoms with van der Waals surface area (Å²) in [5, 5.41) is 3.03. The van der Waals surface area contributed by atoms with E-state index in [1.54, 1.807) is 24.0 Å². The third-order valence-corrected chi connectivity index (χ3v) is 4.65. The summed E-state index contributed by atoms with van der Waals surface area (Å²) in [7, 11) is 0. The Bertz CT molecular complexity index is 772. The van der Waals surface area contributed by atoms with E-state index in [0.717, 1.165) is 0 Å². The van der Waals surface area contributed by atoms with Crippen molar-refractivity contribution in [2.24, 2.45) is 0 Å². The molecule has 0 saturated carbocycles. The molecule has 1 heterocycles. The number of likely N-dealkylation sites (tertiary alicyclic amines) is 1. The van der Waals surface area contributed by atoms with Crippen LogP contribution < -0.4 is 10.1 Å². The van der Waals surface area contributed by atoms with Gasteiger partial charge in [0, 0.05) is 24.7 Å². The van der Waals surface area contributed by atoms with E-state index in [-0.39, 0.29) is 23.7 Å². The summed E-state index contributed by atoms with van der Waals surface area (Å²) in [6.07, 6.45) is 0.757. The average molecular weight is 370 g/mol. The highest BCUT2D eigenvalue weighted by Crippen LogP contribution is 2.17. The fraction of sp³-hybridized carbons (Fsp3) is 0.333. The molecule has 2 amide bonds. The molecule has 0 spiro atoms. The second-order valence-electron chi connectivity index (χ2n) is 6.65. The van der Waals surface area contributed by atoms with Crippen molar-refractivity contribution >= 4 is 11.8 Å². The Morgan fingerprint density at radius 3 is 2.33 bits per heavy atom. The van der Waals surface area contributed by atoms with E-state index >= 15 is 0 Å². The maximum Gasteiger partial charge on any atom is 0.263 e. The number of carbonyl (C=O) groups is 2. The molecular weight excluding hydrogens is 347 g/mol. The molecule has 5 nitrogen and oxygen atoms in total. The minimum atomic E-state index is -0.647. The fourth-order valence-electron chi connectivity index (χ4n) is 3.13. The number of halogens is 1. The van der Waals surface area contributed by atoms with Gasteiger partial charge in [-0.15, -0.1) is 0 Å². The zero-order valence-electron chi connectivity index (χ0n) is 15.2. The van der Waals surface area contributed by atoms with Crippen molar-refractivity contribution in [3.63, 3.8) is 0 Å². The van der Waals surface area contributed by atoms with E-state index in [9.17, 15) is 14.0 Å². The standard InChI is InChI=1S/C21H23FN2O3/c1-15(27-19-9-7-17(22)8-10-19)21(26)24-13-11-18(12-14-24)23-20(25)16-5-3-2-4-6-16/h2-10,15,18H,11-14H2,1H3,(H,23,25)/t15-/m1/s1. The number of benzene rings is 2. The van der Waals surface area contributed by atoms with Gasteiger partial charge in [0.25, 0.3) is 11.8 Å². The van der Waals surface area contributed by atoms with Gasteiger partial charge in [0.1, 0.15) is 11.6 Å². The number of nitrogens with zero attached hydrogens (tertiary/aromatic N) is 1. The minimum absolute atomic E-state index is 0.0510. The molecular formula is C21H23FN2O3. The Kier molecular flexibility index (Phi) is 6.06. The lowest BCUT2D eigenvalue weighted by Crippen LogP contribution is -2.49. The SMILES string of the molecule is C[C@@H](Oc1ccc(F)cc1)C(=O)N1CCC(NC(=O)c2ccccc2)CC1. The van der Waals surface area contributed by atoms with Gasteiger partial charge in [-0.1, -0.05) is 18.2 Å². The van der Waals surface area contributed by atoms with Gasteiger partial charge < -0.3 is 15.0 Å². The van der Waals surface area contributed by atoms with Crippen LogP contribution in [0.4, 0.5) is 4.39 Å². The van der Waals surface area contributed by atoms with Crippen molar-refractivity contribution in [3.05, 3.63) is 66.0 Å². The number of amides is 2. The maximum atomic E-state index is 12.9. The van der Waals surface area contributed by atoms with Crippen molar-refractivity contribution in [1.82, 2.24) is 10.2 Å². The van der Waals surface area contributed by atoms with E-state index in [1.165, 1.54) is 24.3 Å². The quantitative estimate of drug-likeness (QED) is 0.880. The molecule has 2 aromatic rings. The highest BCUT2D eigenvalue weighted by Gasteiger charge is 2.27. The lowest BCUT2D eigenvalue weighted by molar-refractivity contribution is -0.139. The van der Waals surface area contributed by atoms with Gasteiger partial charge >= 0.3 is 0 Å². The topological polar surface area (TPSA) is 58.6 Å². The van der Waals surface area contributed by atoms with Crippen LogP contribution >= 0.6 is 0 Å². The van der Waals surface area contributed by atoms with Crippen LogP contribution in [0.25, 0.3) is 0 Å². The molecule has 1 saturated heterocycles. The molecule has 3 rings (SSSR count). The number of nitrogens with one attached hydrogen (secondary N) is 1. The van der Waals surface area contributed by atoms with Crippen molar-refractivity contribution < 1.29 is 18.7 Å². The Balaban J connectivity index is 1.47. The van der Waals surface area contributed by atoms with Gasteiger partial charge in [-0.05, 0) is 56.2 Å². The van der Waals surface area contributed by atoms with Crippen molar-refractivity contribution in [3.8, 4) is 5.75 Å². The molecule has 0 radical (unpaired) electrons. The van der Waals surface area contributed by atoms with Gasteiger partial charge in [0.05, 0.1) is 0 Å². The van der Waals surface area contributed by atoms with Crippen LogP contribution in [0.3, 0.4) is 0 Å². The van der Waals surface area contributed by atoms with E-state index in [2.05, 4.69) is 5.32 Å². The molecule has 0 unspecified atom stereocenters. The van der Waals surface area contributed by atoms with Crippen LogP contribution in [-0.2, 0) is 4.79 Å². The molecule has 1 fully saturated rings. The first-order valence-corrected chi connectivity index (χ1v) is 9.10. The molecule has 6 heteroatoms. The molecule has 1 atom stereocenters. The Morgan fingerprint density at radius 2 is 1.70 bits per heavy atom. The summed E-state index contributed by atoms with van der Waals surface area (Å²) in [5.41, 5.74) is 0.636. The zero-order chi connectivity index (χ0) is 19.2. The van der Waals surface area contributed by atoms with E-state index in [1.807, 2.05) is 18.2 Å². The summed E-state index contributed by atoms with van der Waals surface area (Å²) in [5.74, 6) is -0.0799. The van der Waals surface area contributed by atoms with Crippen LogP contribution in [0, 0.1) is 5.82 Å². The lowest BCUT2D eigenvalue weighted by atomic mass is 10.0. The summed E-state index contributed by atoms with van der Waals surface area (Å²) >= 11 is 0. The number of carbonyl (C=O) groups excluding carboxylic acids is 2. The summed E-state index contributed by atoms with van der Waals surface area (Å²) in [4.78, 5) is 26.5. The first-order chi connectivity index (χ1) is 13.0. The van der Waals surface area contributed by atoms with E-state index < -0.39 is 6.10 Å². The van der Waals surface area contributed by atoms with Gasteiger partial charge in [-0.2, -0.15) is 0 Å². The maximum absolute atomic E-state index is 12.9. The highest BCUT2D eigenvalue weighted by atomic mass is 19.1. The van der Waals surface area contributed by atoms with Gasteiger partial charge in [-0.3, -0.25) is 9.59 Å². The van der Waals surface area contributed by atoms with Crippen LogP contribution in [0.15, 0.2) is 54.6 Å². The molecule has 0 aliphatic carbocycles. The summed E-state index contributed by atoms with van der Waals surface area (Å²) < 4.78 is 18.6. The summed E-state index contributed by atoms with van der Waals surface area (Å²) in [6, 6.07) is 14.8. The van der Waals surface area contributed by atoms with Crippen LogP contribution in [0.2, 0.25) is 0 Å². The normalized spacial score (nSPS) is 15.9. The molecule has 27 heavy (non-hydrogen) atoms. The minimum Gasteiger partial charge on any atom is -0.481 e. The molecule has 2 aromatic carbocycles. The van der Waals surface area contributed by atoms with Gasteiger partial charge in [-0.25, -0.2) is 4.39 Å². The second-order valence-corrected chi connectivity index (χ2v) is 6.65. The molecule has 0 aromatic heterocycles. The first kappa shape index (κ1) is 18.9. The number of hydrogen-bond acceptors (Lipinski definition) is 3. The number of hydrogen-bond donors (Lipinski definition) is 1. The Hall–Kier alpha value is -2.89. The lowest BCUT2D eigenvalue weighted by Gasteiger charge is -2.33. The molecule has 1 aliphatic heterocycles. The summed E-state index contributed by atoms with van der Waals surface area (Å²) in [6.45, 7) is 2.82. The molecule has 1 N–H and O–H groups in total. The van der Waals surface area contributed by atoms with Crippen molar-refractivity contribution in [2.75, 3.05) is 13.1 Å². The fourth-order valence-corrected chi connectivity index (χ4v) is 3.13. The monoisotopic (exact) mass is 370 g/mol. The largest absolute Gasteiger partial charge is 0.481 e. The Labute approximate surface area is 158 Å². The smallest absolute Gasteiger partial charge is 0.263 e. The first-order valence-electron chi connectivity index (χ1n) is 9.10. The third kappa shape index (κ3) is 5.06. The van der Waals surface area contributed by atoms with E-state index in [4.69, 9.17) is 4.74 Å². The second kappa shape index (κ2) is 8.66. The number of rotatable bonds is 5. The van der Waals surface area contributed by atoms with Crippen LogP contribution in [-0.4, -0.2) is 41.9 Å². The van der Waals surface area contributed by atoms with Crippen molar-refractivity contribution in [2.45, 2.75) is 31.9 Å². The van der Waals surface area contributed by atoms with E-state index in [0.29, 0.717) is 37.2 Å². The van der Waals surface area contributed by atoms with Crippen molar-refractivity contribution in [1.29, 1.82) is 0 Å². The van der Waals surface area contributed by atoms with Crippen LogP contribution in [0.5, 0.6) is 5.75 Å². The molecule has 0 bridgehead atoms. The number of ether oxygens (including phenoxy) is 1. The number of piperidine rings is 1. The predicted octanol–water partition coefficient (Wildman–Crippen LogP) is 3.01. The Morgan fingerprint density at radius 1 is 1.07 bits per heavy atom. The molecule has 142 valence electrons. The zero-order valence-corrected chi connectivity index (χ0v) is 15.2. The predicted molar refractivity (Wildman–Crippen MR) is 100 cm³/mol.